The highest BCUT2D eigenvalue weighted by atomic mass is 19.4. The van der Waals surface area contributed by atoms with E-state index >= 15 is 0 Å². The van der Waals surface area contributed by atoms with Crippen molar-refractivity contribution in [2.45, 2.75) is 6.36 Å². The molecule has 78 valence electrons. The number of halogens is 3. The van der Waals surface area contributed by atoms with Crippen LogP contribution < -0.4 is 10.5 Å². The average molecular weight is 207 g/mol. The summed E-state index contributed by atoms with van der Waals surface area (Å²) in [4.78, 5) is 0. The van der Waals surface area contributed by atoms with Crippen molar-refractivity contribution in [1.82, 2.24) is 0 Å². The van der Waals surface area contributed by atoms with E-state index in [1.54, 1.807) is 0 Å². The Kier molecular flexibility index (Phi) is 3.19. The Morgan fingerprint density at radius 1 is 1.14 bits per heavy atom. The van der Waals surface area contributed by atoms with Crippen LogP contribution in [-0.2, 0) is 4.74 Å². The second-order valence-electron chi connectivity index (χ2n) is 2.42. The topological polar surface area (TPSA) is 44.5 Å². The molecule has 3 nitrogen and oxygen atoms in total. The van der Waals surface area contributed by atoms with Crippen LogP contribution in [-0.4, -0.2) is 13.2 Å². The van der Waals surface area contributed by atoms with E-state index in [0.717, 1.165) is 0 Å². The van der Waals surface area contributed by atoms with Crippen molar-refractivity contribution in [3.8, 4) is 5.75 Å². The lowest BCUT2D eigenvalue weighted by Crippen LogP contribution is -2.17. The van der Waals surface area contributed by atoms with Gasteiger partial charge in [-0.2, -0.15) is 0 Å². The number of rotatable bonds is 3. The molecule has 0 heterocycles. The molecule has 0 atom stereocenters. The third-order valence-corrected chi connectivity index (χ3v) is 1.33. The number of anilines is 1. The van der Waals surface area contributed by atoms with E-state index in [4.69, 9.17) is 5.73 Å². The number of nitrogens with two attached hydrogens (primary N) is 1. The first-order valence-corrected chi connectivity index (χ1v) is 3.66. The molecule has 0 saturated heterocycles. The van der Waals surface area contributed by atoms with E-state index in [0.29, 0.717) is 5.69 Å². The number of hydrogen-bond donors (Lipinski definition) is 1. The van der Waals surface area contributed by atoms with E-state index < -0.39 is 13.2 Å². The molecule has 0 bridgehead atoms. The summed E-state index contributed by atoms with van der Waals surface area (Å²) in [7, 11) is 0. The minimum atomic E-state index is -4.67. The van der Waals surface area contributed by atoms with Crippen LogP contribution in [0.25, 0.3) is 0 Å². The Morgan fingerprint density at radius 3 is 2.21 bits per heavy atom. The van der Waals surface area contributed by atoms with Crippen LogP contribution in [0.15, 0.2) is 24.3 Å². The zero-order chi connectivity index (χ0) is 10.6. The van der Waals surface area contributed by atoms with Gasteiger partial charge in [-0.25, -0.2) is 0 Å². The second-order valence-corrected chi connectivity index (χ2v) is 2.42. The zero-order valence-electron chi connectivity index (χ0n) is 7.04. The first-order valence-electron chi connectivity index (χ1n) is 3.66. The van der Waals surface area contributed by atoms with E-state index in [2.05, 4.69) is 9.47 Å². The number of ether oxygens (including phenoxy) is 2. The molecule has 1 rings (SSSR count). The fraction of sp³-hybridized carbons (Fsp3) is 0.250. The summed E-state index contributed by atoms with van der Waals surface area (Å²) in [5, 5.41) is 0. The lowest BCUT2D eigenvalue weighted by molar-refractivity contribution is -0.341. The highest BCUT2D eigenvalue weighted by Gasteiger charge is 2.29. The first-order chi connectivity index (χ1) is 6.47. The van der Waals surface area contributed by atoms with Gasteiger partial charge in [0.05, 0.1) is 0 Å². The highest BCUT2D eigenvalue weighted by molar-refractivity contribution is 5.41. The fourth-order valence-electron chi connectivity index (χ4n) is 0.728. The van der Waals surface area contributed by atoms with Crippen LogP contribution in [0.4, 0.5) is 18.9 Å². The van der Waals surface area contributed by atoms with E-state index in [1.165, 1.54) is 24.3 Å². The van der Waals surface area contributed by atoms with Crippen molar-refractivity contribution in [2.75, 3.05) is 12.5 Å². The van der Waals surface area contributed by atoms with Crippen molar-refractivity contribution in [2.24, 2.45) is 0 Å². The van der Waals surface area contributed by atoms with Gasteiger partial charge in [-0.15, -0.1) is 13.2 Å². The Labute approximate surface area is 78.2 Å². The molecule has 0 amide bonds. The molecule has 0 saturated carbocycles. The van der Waals surface area contributed by atoms with Gasteiger partial charge in [-0.05, 0) is 24.3 Å². The molecule has 0 fully saturated rings. The summed E-state index contributed by atoms with van der Waals surface area (Å²) in [5.74, 6) is 0.267. The van der Waals surface area contributed by atoms with Gasteiger partial charge in [0.15, 0.2) is 6.79 Å². The van der Waals surface area contributed by atoms with Crippen molar-refractivity contribution in [3.63, 3.8) is 0 Å². The Bertz CT molecular complexity index is 284. The van der Waals surface area contributed by atoms with Crippen LogP contribution in [0.2, 0.25) is 0 Å². The standard InChI is InChI=1S/C8H8F3NO2/c9-8(10,11)14-5-13-7-3-1-6(12)2-4-7/h1-4H,5,12H2. The Hall–Kier alpha value is -1.43. The van der Waals surface area contributed by atoms with Crippen LogP contribution >= 0.6 is 0 Å². The molecular formula is C8H8F3NO2. The van der Waals surface area contributed by atoms with Gasteiger partial charge >= 0.3 is 6.36 Å². The van der Waals surface area contributed by atoms with E-state index in [9.17, 15) is 13.2 Å². The van der Waals surface area contributed by atoms with Crippen LogP contribution in [0, 0.1) is 0 Å². The minimum Gasteiger partial charge on any atom is -0.467 e. The van der Waals surface area contributed by atoms with Gasteiger partial charge < -0.3 is 10.5 Å². The van der Waals surface area contributed by atoms with Crippen LogP contribution in [0.3, 0.4) is 0 Å². The number of hydrogen-bond acceptors (Lipinski definition) is 3. The van der Waals surface area contributed by atoms with Gasteiger partial charge in [0, 0.05) is 5.69 Å². The molecule has 0 spiro atoms. The molecule has 2 N–H and O–H groups in total. The number of benzene rings is 1. The van der Waals surface area contributed by atoms with Gasteiger partial charge in [0.25, 0.3) is 0 Å². The van der Waals surface area contributed by atoms with Crippen molar-refractivity contribution >= 4 is 5.69 Å². The van der Waals surface area contributed by atoms with E-state index in [1.807, 2.05) is 0 Å². The molecule has 1 aromatic rings. The SMILES string of the molecule is Nc1ccc(OCOC(F)(F)F)cc1. The normalized spacial score (nSPS) is 11.4. The second kappa shape index (κ2) is 4.19. The quantitative estimate of drug-likeness (QED) is 0.610. The smallest absolute Gasteiger partial charge is 0.467 e. The van der Waals surface area contributed by atoms with Gasteiger partial charge in [0.2, 0.25) is 0 Å². The highest BCUT2D eigenvalue weighted by Crippen LogP contribution is 2.18. The number of nitrogen functional groups attached to an aromatic ring is 1. The fourth-order valence-corrected chi connectivity index (χ4v) is 0.728. The maximum Gasteiger partial charge on any atom is 0.525 e. The molecule has 0 radical (unpaired) electrons. The molecule has 0 unspecified atom stereocenters. The Morgan fingerprint density at radius 2 is 1.71 bits per heavy atom. The van der Waals surface area contributed by atoms with Crippen molar-refractivity contribution in [3.05, 3.63) is 24.3 Å². The molecule has 0 aliphatic rings. The zero-order valence-corrected chi connectivity index (χ0v) is 7.04. The molecule has 6 heteroatoms. The third-order valence-electron chi connectivity index (χ3n) is 1.33. The largest absolute Gasteiger partial charge is 0.525 e. The van der Waals surface area contributed by atoms with Gasteiger partial charge in [-0.3, -0.25) is 4.74 Å². The van der Waals surface area contributed by atoms with Gasteiger partial charge in [-0.1, -0.05) is 0 Å². The van der Waals surface area contributed by atoms with Crippen molar-refractivity contribution in [1.29, 1.82) is 0 Å². The number of alkyl halides is 3. The van der Waals surface area contributed by atoms with Crippen LogP contribution in [0.1, 0.15) is 0 Å². The monoisotopic (exact) mass is 207 g/mol. The predicted octanol–water partition coefficient (Wildman–Crippen LogP) is 2.14. The average Bonchev–Trinajstić information content (AvgIpc) is 2.06. The Balaban J connectivity index is 2.35. The van der Waals surface area contributed by atoms with Gasteiger partial charge in [0.1, 0.15) is 5.75 Å². The minimum absolute atomic E-state index is 0.267. The maximum absolute atomic E-state index is 11.5. The lowest BCUT2D eigenvalue weighted by atomic mass is 10.3. The summed E-state index contributed by atoms with van der Waals surface area (Å²) in [5.41, 5.74) is 5.87. The summed E-state index contributed by atoms with van der Waals surface area (Å²) in [6, 6.07) is 5.94. The summed E-state index contributed by atoms with van der Waals surface area (Å²) < 4.78 is 42.6. The molecule has 14 heavy (non-hydrogen) atoms. The maximum atomic E-state index is 11.5. The summed E-state index contributed by atoms with van der Waals surface area (Å²) >= 11 is 0. The molecule has 0 aliphatic heterocycles. The first kappa shape index (κ1) is 10.6. The summed E-state index contributed by atoms with van der Waals surface area (Å²) in [6.07, 6.45) is -4.67. The molecule has 0 aliphatic carbocycles. The third kappa shape index (κ3) is 3.99. The molecule has 0 aromatic heterocycles. The molecular weight excluding hydrogens is 199 g/mol. The van der Waals surface area contributed by atoms with Crippen molar-refractivity contribution < 1.29 is 22.6 Å². The van der Waals surface area contributed by atoms with E-state index in [-0.39, 0.29) is 5.75 Å². The van der Waals surface area contributed by atoms with Crippen LogP contribution in [0.5, 0.6) is 5.75 Å². The summed E-state index contributed by atoms with van der Waals surface area (Å²) in [6.45, 7) is -0.868. The lowest BCUT2D eigenvalue weighted by Gasteiger charge is -2.08. The molecule has 1 aromatic carbocycles. The predicted molar refractivity (Wildman–Crippen MR) is 43.5 cm³/mol.